The maximum Gasteiger partial charge on any atom is 0.317 e. The first-order valence-corrected chi connectivity index (χ1v) is 5.25. The van der Waals surface area contributed by atoms with Gasteiger partial charge in [0.05, 0.1) is 0 Å². The number of urea groups is 1. The van der Waals surface area contributed by atoms with Gasteiger partial charge in [0.2, 0.25) is 0 Å². The number of piperazine rings is 1. The molecule has 0 aromatic heterocycles. The van der Waals surface area contributed by atoms with Gasteiger partial charge in [-0.15, -0.1) is 13.2 Å². The van der Waals surface area contributed by atoms with Gasteiger partial charge in [0.25, 0.3) is 0 Å². The summed E-state index contributed by atoms with van der Waals surface area (Å²) in [4.78, 5) is 15.7. The molecule has 84 valence electrons. The van der Waals surface area contributed by atoms with Crippen LogP contribution in [-0.4, -0.2) is 55.1 Å². The van der Waals surface area contributed by atoms with Gasteiger partial charge in [0.1, 0.15) is 0 Å². The summed E-state index contributed by atoms with van der Waals surface area (Å²) in [5, 5.41) is 2.78. The molecular formula is C11H19N3O. The summed E-state index contributed by atoms with van der Waals surface area (Å²) < 4.78 is 0. The van der Waals surface area contributed by atoms with Gasteiger partial charge in [-0.1, -0.05) is 12.2 Å². The van der Waals surface area contributed by atoms with Crippen LogP contribution in [0.25, 0.3) is 0 Å². The molecule has 1 aliphatic heterocycles. The second-order valence-corrected chi connectivity index (χ2v) is 3.55. The molecule has 0 aliphatic carbocycles. The number of carbonyl (C=O) groups excluding carboxylic acids is 1. The summed E-state index contributed by atoms with van der Waals surface area (Å²) in [7, 11) is 0. The van der Waals surface area contributed by atoms with E-state index in [2.05, 4.69) is 23.4 Å². The zero-order valence-corrected chi connectivity index (χ0v) is 9.11. The highest BCUT2D eigenvalue weighted by atomic mass is 16.2. The minimum Gasteiger partial charge on any atom is -0.335 e. The Morgan fingerprint density at radius 1 is 1.20 bits per heavy atom. The Labute approximate surface area is 91.2 Å². The van der Waals surface area contributed by atoms with Crippen LogP contribution in [0.1, 0.15) is 0 Å². The lowest BCUT2D eigenvalue weighted by atomic mass is 10.3. The van der Waals surface area contributed by atoms with Crippen LogP contribution in [0, 0.1) is 0 Å². The third-order valence-corrected chi connectivity index (χ3v) is 2.44. The molecule has 0 spiro atoms. The van der Waals surface area contributed by atoms with E-state index in [1.807, 2.05) is 11.0 Å². The highest BCUT2D eigenvalue weighted by Crippen LogP contribution is 2.01. The molecule has 15 heavy (non-hydrogen) atoms. The summed E-state index contributed by atoms with van der Waals surface area (Å²) >= 11 is 0. The fourth-order valence-electron chi connectivity index (χ4n) is 1.59. The molecule has 1 saturated heterocycles. The van der Waals surface area contributed by atoms with E-state index in [9.17, 15) is 4.79 Å². The van der Waals surface area contributed by atoms with Crippen molar-refractivity contribution in [2.24, 2.45) is 0 Å². The lowest BCUT2D eigenvalue weighted by Crippen LogP contribution is -2.51. The molecular weight excluding hydrogens is 190 g/mol. The molecule has 0 saturated carbocycles. The number of hydrogen-bond acceptors (Lipinski definition) is 2. The van der Waals surface area contributed by atoms with E-state index in [0.29, 0.717) is 6.54 Å². The van der Waals surface area contributed by atoms with Crippen molar-refractivity contribution in [1.29, 1.82) is 0 Å². The average molecular weight is 209 g/mol. The predicted molar refractivity (Wildman–Crippen MR) is 61.8 cm³/mol. The number of nitrogens with one attached hydrogen (secondary N) is 1. The third kappa shape index (κ3) is 3.75. The van der Waals surface area contributed by atoms with Gasteiger partial charge in [-0.2, -0.15) is 0 Å². The molecule has 0 aromatic rings. The van der Waals surface area contributed by atoms with Crippen LogP contribution in [0.4, 0.5) is 4.79 Å². The van der Waals surface area contributed by atoms with E-state index in [0.717, 1.165) is 32.7 Å². The van der Waals surface area contributed by atoms with Crippen molar-refractivity contribution in [2.75, 3.05) is 39.3 Å². The first-order chi connectivity index (χ1) is 7.27. The van der Waals surface area contributed by atoms with Crippen LogP contribution in [0.15, 0.2) is 25.3 Å². The van der Waals surface area contributed by atoms with Crippen molar-refractivity contribution in [3.05, 3.63) is 25.3 Å². The Morgan fingerprint density at radius 2 is 1.87 bits per heavy atom. The summed E-state index contributed by atoms with van der Waals surface area (Å²) in [5.41, 5.74) is 0. The Hall–Kier alpha value is -1.29. The minimum atomic E-state index is 0.00755. The van der Waals surface area contributed by atoms with Crippen LogP contribution < -0.4 is 5.32 Å². The van der Waals surface area contributed by atoms with E-state index in [4.69, 9.17) is 0 Å². The Morgan fingerprint density at radius 3 is 2.40 bits per heavy atom. The van der Waals surface area contributed by atoms with E-state index in [1.165, 1.54) is 0 Å². The first-order valence-electron chi connectivity index (χ1n) is 5.25. The van der Waals surface area contributed by atoms with Crippen molar-refractivity contribution >= 4 is 6.03 Å². The average Bonchev–Trinajstić information content (AvgIpc) is 2.27. The number of carbonyl (C=O) groups is 1. The van der Waals surface area contributed by atoms with Crippen molar-refractivity contribution in [3.8, 4) is 0 Å². The highest BCUT2D eigenvalue weighted by Gasteiger charge is 2.19. The Bertz CT molecular complexity index is 232. The molecule has 1 fully saturated rings. The smallest absolute Gasteiger partial charge is 0.317 e. The zero-order chi connectivity index (χ0) is 11.1. The second-order valence-electron chi connectivity index (χ2n) is 3.55. The SMILES string of the molecule is C=CCNC(=O)N1CCN(CC=C)CC1. The summed E-state index contributed by atoms with van der Waals surface area (Å²) in [6, 6.07) is 0.00755. The topological polar surface area (TPSA) is 35.6 Å². The van der Waals surface area contributed by atoms with E-state index >= 15 is 0 Å². The highest BCUT2D eigenvalue weighted by molar-refractivity contribution is 5.74. The van der Waals surface area contributed by atoms with Crippen molar-refractivity contribution in [1.82, 2.24) is 15.1 Å². The second kappa shape index (κ2) is 6.24. The first kappa shape index (κ1) is 11.8. The molecule has 0 unspecified atom stereocenters. The standard InChI is InChI=1S/C11H19N3O/c1-3-5-12-11(15)14-9-7-13(6-4-2)8-10-14/h3-4H,1-2,5-10H2,(H,12,15). The lowest BCUT2D eigenvalue weighted by Gasteiger charge is -2.33. The van der Waals surface area contributed by atoms with Crippen molar-refractivity contribution in [3.63, 3.8) is 0 Å². The molecule has 4 heteroatoms. The van der Waals surface area contributed by atoms with Crippen LogP contribution in [0.2, 0.25) is 0 Å². The predicted octanol–water partition coefficient (Wildman–Crippen LogP) is 0.686. The number of hydrogen-bond donors (Lipinski definition) is 1. The number of rotatable bonds is 4. The number of nitrogens with zero attached hydrogens (tertiary/aromatic N) is 2. The monoisotopic (exact) mass is 209 g/mol. The molecule has 1 heterocycles. The van der Waals surface area contributed by atoms with Gasteiger partial charge in [-0.25, -0.2) is 4.79 Å². The number of amides is 2. The van der Waals surface area contributed by atoms with E-state index in [1.54, 1.807) is 6.08 Å². The van der Waals surface area contributed by atoms with Gasteiger partial charge in [-0.3, -0.25) is 4.90 Å². The molecule has 1 aliphatic rings. The normalized spacial score (nSPS) is 17.2. The maximum absolute atomic E-state index is 11.5. The fraction of sp³-hybridized carbons (Fsp3) is 0.545. The molecule has 0 radical (unpaired) electrons. The molecule has 1 rings (SSSR count). The molecule has 2 amide bonds. The molecule has 0 bridgehead atoms. The van der Waals surface area contributed by atoms with Gasteiger partial charge in [-0.05, 0) is 0 Å². The third-order valence-electron chi connectivity index (χ3n) is 2.44. The zero-order valence-electron chi connectivity index (χ0n) is 9.11. The van der Waals surface area contributed by atoms with Crippen LogP contribution >= 0.6 is 0 Å². The molecule has 4 nitrogen and oxygen atoms in total. The summed E-state index contributed by atoms with van der Waals surface area (Å²) in [6.45, 7) is 12.1. The van der Waals surface area contributed by atoms with Crippen LogP contribution in [0.5, 0.6) is 0 Å². The van der Waals surface area contributed by atoms with Gasteiger partial charge < -0.3 is 10.2 Å². The molecule has 0 aromatic carbocycles. The summed E-state index contributed by atoms with van der Waals surface area (Å²) in [6.07, 6.45) is 3.58. The van der Waals surface area contributed by atoms with E-state index < -0.39 is 0 Å². The maximum atomic E-state index is 11.5. The summed E-state index contributed by atoms with van der Waals surface area (Å²) in [5.74, 6) is 0. The van der Waals surface area contributed by atoms with Gasteiger partial charge in [0, 0.05) is 39.3 Å². The largest absolute Gasteiger partial charge is 0.335 e. The van der Waals surface area contributed by atoms with Crippen LogP contribution in [0.3, 0.4) is 0 Å². The van der Waals surface area contributed by atoms with E-state index in [-0.39, 0.29) is 6.03 Å². The fourth-order valence-corrected chi connectivity index (χ4v) is 1.59. The Balaban J connectivity index is 2.26. The molecule has 0 atom stereocenters. The minimum absolute atomic E-state index is 0.00755. The quantitative estimate of drug-likeness (QED) is 0.691. The molecule has 1 N–H and O–H groups in total. The van der Waals surface area contributed by atoms with Gasteiger partial charge in [0.15, 0.2) is 0 Å². The van der Waals surface area contributed by atoms with Crippen molar-refractivity contribution in [2.45, 2.75) is 0 Å². The Kier molecular flexibility index (Phi) is 4.90. The lowest BCUT2D eigenvalue weighted by molar-refractivity contribution is 0.147. The van der Waals surface area contributed by atoms with Crippen molar-refractivity contribution < 1.29 is 4.79 Å². The van der Waals surface area contributed by atoms with Gasteiger partial charge >= 0.3 is 6.03 Å². The van der Waals surface area contributed by atoms with Crippen LogP contribution in [-0.2, 0) is 0 Å².